The van der Waals surface area contributed by atoms with Crippen LogP contribution >= 0.6 is 11.6 Å². The summed E-state index contributed by atoms with van der Waals surface area (Å²) >= 11 is 5.94. The first-order valence-corrected chi connectivity index (χ1v) is 7.61. The number of halogens is 2. The molecular formula is C17H13ClFN5O. The SMILES string of the molecule is NC(=O)c1c(N=Cc2ccc(F)cc2)n[nH]c1Nc1cccc(Cl)c1. The first-order valence-electron chi connectivity index (χ1n) is 7.23. The van der Waals surface area contributed by atoms with E-state index in [0.29, 0.717) is 22.1 Å². The monoisotopic (exact) mass is 357 g/mol. The number of carbonyl (C=O) groups is 1. The zero-order chi connectivity index (χ0) is 17.8. The molecule has 0 atom stereocenters. The Bertz CT molecular complexity index is 936. The topological polar surface area (TPSA) is 96.2 Å². The second-order valence-electron chi connectivity index (χ2n) is 5.11. The molecule has 0 saturated carbocycles. The van der Waals surface area contributed by atoms with E-state index < -0.39 is 5.91 Å². The van der Waals surface area contributed by atoms with Gasteiger partial charge in [0.05, 0.1) is 0 Å². The van der Waals surface area contributed by atoms with Crippen molar-refractivity contribution in [3.8, 4) is 0 Å². The lowest BCUT2D eigenvalue weighted by molar-refractivity contribution is 0.100. The van der Waals surface area contributed by atoms with Gasteiger partial charge in [0.15, 0.2) is 5.82 Å². The summed E-state index contributed by atoms with van der Waals surface area (Å²) in [6.45, 7) is 0. The number of benzene rings is 2. The van der Waals surface area contributed by atoms with Gasteiger partial charge in [-0.2, -0.15) is 5.10 Å². The van der Waals surface area contributed by atoms with Crippen LogP contribution < -0.4 is 11.1 Å². The lowest BCUT2D eigenvalue weighted by Crippen LogP contribution is -2.12. The van der Waals surface area contributed by atoms with Crippen LogP contribution in [-0.2, 0) is 0 Å². The molecular weight excluding hydrogens is 345 g/mol. The fourth-order valence-electron chi connectivity index (χ4n) is 2.14. The number of aliphatic imine (C=N–C) groups is 1. The van der Waals surface area contributed by atoms with Crippen molar-refractivity contribution in [2.24, 2.45) is 10.7 Å². The molecule has 0 aliphatic rings. The molecule has 0 fully saturated rings. The quantitative estimate of drug-likeness (QED) is 0.606. The normalized spacial score (nSPS) is 11.0. The Morgan fingerprint density at radius 1 is 1.28 bits per heavy atom. The number of anilines is 2. The number of hydrogen-bond acceptors (Lipinski definition) is 4. The number of nitrogens with two attached hydrogens (primary N) is 1. The van der Waals surface area contributed by atoms with Gasteiger partial charge >= 0.3 is 0 Å². The highest BCUT2D eigenvalue weighted by Crippen LogP contribution is 2.27. The highest BCUT2D eigenvalue weighted by molar-refractivity contribution is 6.30. The number of amides is 1. The number of rotatable bonds is 5. The largest absolute Gasteiger partial charge is 0.365 e. The Hall–Kier alpha value is -3.19. The van der Waals surface area contributed by atoms with Crippen LogP contribution in [0.3, 0.4) is 0 Å². The predicted molar refractivity (Wildman–Crippen MR) is 95.5 cm³/mol. The molecule has 3 aromatic rings. The summed E-state index contributed by atoms with van der Waals surface area (Å²) in [4.78, 5) is 15.9. The van der Waals surface area contributed by atoms with Gasteiger partial charge in [-0.15, -0.1) is 0 Å². The van der Waals surface area contributed by atoms with Crippen molar-refractivity contribution in [1.29, 1.82) is 0 Å². The van der Waals surface area contributed by atoms with E-state index in [1.807, 2.05) is 0 Å². The average molecular weight is 358 g/mol. The Morgan fingerprint density at radius 3 is 2.72 bits per heavy atom. The first kappa shape index (κ1) is 16.7. The minimum absolute atomic E-state index is 0.110. The maximum Gasteiger partial charge on any atom is 0.256 e. The molecule has 0 spiro atoms. The van der Waals surface area contributed by atoms with Crippen LogP contribution in [0.25, 0.3) is 0 Å². The Balaban J connectivity index is 1.89. The molecule has 1 heterocycles. The van der Waals surface area contributed by atoms with E-state index in [2.05, 4.69) is 20.5 Å². The number of nitrogens with one attached hydrogen (secondary N) is 2. The van der Waals surface area contributed by atoms with Crippen molar-refractivity contribution in [3.63, 3.8) is 0 Å². The lowest BCUT2D eigenvalue weighted by Gasteiger charge is -2.05. The van der Waals surface area contributed by atoms with E-state index in [0.717, 1.165) is 0 Å². The van der Waals surface area contributed by atoms with Crippen molar-refractivity contribution in [2.45, 2.75) is 0 Å². The summed E-state index contributed by atoms with van der Waals surface area (Å²) in [6.07, 6.45) is 1.46. The van der Waals surface area contributed by atoms with Crippen LogP contribution in [0.15, 0.2) is 53.5 Å². The van der Waals surface area contributed by atoms with E-state index in [1.54, 1.807) is 36.4 Å². The average Bonchev–Trinajstić information content (AvgIpc) is 2.97. The summed E-state index contributed by atoms with van der Waals surface area (Å²) < 4.78 is 12.9. The molecule has 8 heteroatoms. The van der Waals surface area contributed by atoms with Crippen molar-refractivity contribution < 1.29 is 9.18 Å². The highest BCUT2D eigenvalue weighted by atomic mass is 35.5. The van der Waals surface area contributed by atoms with E-state index in [1.165, 1.54) is 18.3 Å². The molecule has 0 aliphatic carbocycles. The minimum atomic E-state index is -0.690. The van der Waals surface area contributed by atoms with Crippen LogP contribution in [0.4, 0.5) is 21.7 Å². The van der Waals surface area contributed by atoms with E-state index in [4.69, 9.17) is 17.3 Å². The summed E-state index contributed by atoms with van der Waals surface area (Å²) in [7, 11) is 0. The summed E-state index contributed by atoms with van der Waals surface area (Å²) in [6, 6.07) is 12.7. The molecule has 126 valence electrons. The van der Waals surface area contributed by atoms with Gasteiger partial charge in [0.25, 0.3) is 5.91 Å². The minimum Gasteiger partial charge on any atom is -0.365 e. The first-order chi connectivity index (χ1) is 12.0. The molecule has 4 N–H and O–H groups in total. The highest BCUT2D eigenvalue weighted by Gasteiger charge is 2.18. The van der Waals surface area contributed by atoms with Crippen molar-refractivity contribution >= 4 is 41.0 Å². The van der Waals surface area contributed by atoms with Gasteiger partial charge in [-0.1, -0.05) is 29.8 Å². The van der Waals surface area contributed by atoms with Crippen LogP contribution in [0.5, 0.6) is 0 Å². The van der Waals surface area contributed by atoms with Gasteiger partial charge in [-0.05, 0) is 35.9 Å². The molecule has 0 aliphatic heterocycles. The van der Waals surface area contributed by atoms with E-state index >= 15 is 0 Å². The smallest absolute Gasteiger partial charge is 0.256 e. The molecule has 1 amide bonds. The molecule has 25 heavy (non-hydrogen) atoms. The van der Waals surface area contributed by atoms with Crippen LogP contribution in [0.1, 0.15) is 15.9 Å². The molecule has 0 radical (unpaired) electrons. The van der Waals surface area contributed by atoms with Gasteiger partial charge < -0.3 is 11.1 Å². The van der Waals surface area contributed by atoms with Gasteiger partial charge in [0.2, 0.25) is 0 Å². The maximum atomic E-state index is 12.9. The fraction of sp³-hybridized carbons (Fsp3) is 0. The summed E-state index contributed by atoms with van der Waals surface area (Å²) in [5.41, 5.74) is 6.87. The molecule has 2 aromatic carbocycles. The number of carbonyl (C=O) groups excluding carboxylic acids is 1. The zero-order valence-electron chi connectivity index (χ0n) is 12.8. The summed E-state index contributed by atoms with van der Waals surface area (Å²) in [5.74, 6) is -0.602. The molecule has 6 nitrogen and oxygen atoms in total. The molecule has 1 aromatic heterocycles. The third kappa shape index (κ3) is 4.02. The Morgan fingerprint density at radius 2 is 2.04 bits per heavy atom. The van der Waals surface area contributed by atoms with Crippen molar-refractivity contribution in [3.05, 3.63) is 70.5 Å². The third-order valence-corrected chi connectivity index (χ3v) is 3.53. The Kier molecular flexibility index (Phi) is 4.76. The fourth-order valence-corrected chi connectivity index (χ4v) is 2.34. The second-order valence-corrected chi connectivity index (χ2v) is 5.54. The van der Waals surface area contributed by atoms with Gasteiger partial charge in [0, 0.05) is 16.9 Å². The van der Waals surface area contributed by atoms with Crippen LogP contribution in [0.2, 0.25) is 5.02 Å². The number of H-pyrrole nitrogens is 1. The number of hydrogen-bond donors (Lipinski definition) is 3. The van der Waals surface area contributed by atoms with Gasteiger partial charge in [-0.25, -0.2) is 9.38 Å². The van der Waals surface area contributed by atoms with E-state index in [-0.39, 0.29) is 17.2 Å². The number of aromatic nitrogens is 2. The van der Waals surface area contributed by atoms with E-state index in [9.17, 15) is 9.18 Å². The number of primary amides is 1. The predicted octanol–water partition coefficient (Wildman–Crippen LogP) is 3.80. The molecule has 0 saturated heterocycles. The number of aromatic amines is 1. The van der Waals surface area contributed by atoms with Gasteiger partial charge in [0.1, 0.15) is 17.2 Å². The van der Waals surface area contributed by atoms with Crippen LogP contribution in [0, 0.1) is 5.82 Å². The third-order valence-electron chi connectivity index (χ3n) is 3.29. The molecule has 0 unspecified atom stereocenters. The zero-order valence-corrected chi connectivity index (χ0v) is 13.6. The lowest BCUT2D eigenvalue weighted by atomic mass is 10.2. The van der Waals surface area contributed by atoms with Crippen molar-refractivity contribution in [2.75, 3.05) is 5.32 Å². The second kappa shape index (κ2) is 7.14. The summed E-state index contributed by atoms with van der Waals surface area (Å²) in [5, 5.41) is 10.2. The molecule has 3 rings (SSSR count). The van der Waals surface area contributed by atoms with Crippen LogP contribution in [-0.4, -0.2) is 22.3 Å². The van der Waals surface area contributed by atoms with Gasteiger partial charge in [-0.3, -0.25) is 9.89 Å². The Labute approximate surface area is 147 Å². The molecule has 0 bridgehead atoms. The number of nitrogens with zero attached hydrogens (tertiary/aromatic N) is 2. The van der Waals surface area contributed by atoms with Crippen molar-refractivity contribution in [1.82, 2.24) is 10.2 Å². The maximum absolute atomic E-state index is 12.9. The standard InChI is InChI=1S/C17H13ClFN5O/c18-11-2-1-3-13(8-11)22-17-14(15(20)25)16(23-24-17)21-9-10-4-6-12(19)7-5-10/h1-9H,(H2,20,25)(H2,22,23,24).